The average Bonchev–Trinajstić information content (AvgIpc) is 3.31. The Balaban J connectivity index is 2.33. The van der Waals surface area contributed by atoms with Gasteiger partial charge in [0.1, 0.15) is 23.6 Å². The Bertz CT molecular complexity index is 980. The van der Waals surface area contributed by atoms with Crippen LogP contribution in [-0.2, 0) is 20.9 Å². The molecule has 1 aromatic heterocycles. The number of ketones is 1. The Kier molecular flexibility index (Phi) is 11.7. The third-order valence-corrected chi connectivity index (χ3v) is 7.69. The maximum absolute atomic E-state index is 13.7. The number of halogens is 1. The van der Waals surface area contributed by atoms with Crippen LogP contribution in [0.15, 0.2) is 34.8 Å². The zero-order valence-corrected chi connectivity index (χ0v) is 22.8. The van der Waals surface area contributed by atoms with Gasteiger partial charge in [-0.3, -0.25) is 9.59 Å². The summed E-state index contributed by atoms with van der Waals surface area (Å²) in [4.78, 5) is 30.3. The van der Waals surface area contributed by atoms with Crippen molar-refractivity contribution in [2.75, 3.05) is 6.67 Å². The molecule has 0 amide bonds. The van der Waals surface area contributed by atoms with E-state index in [1.807, 2.05) is 31.4 Å². The van der Waals surface area contributed by atoms with E-state index in [4.69, 9.17) is 4.74 Å². The number of carbonyl (C=O) groups is 2. The monoisotopic (exact) mass is 521 g/mol. The Morgan fingerprint density at radius 2 is 2.00 bits per heavy atom. The molecule has 0 fully saturated rings. The fraction of sp³-hybridized carbons (Fsp3) is 0.607. The standard InChI is InChI=1S/C28H40FNO5S/c1-18-8-6-7-9-21(15-29)10-11-23(19(2)14-22-17-36-24(16-31)30-22)35-25(32)12-13-28(4,5)27(34)20(3)26(18)33/h6-7,10,14,17-18,20,23,26,31,33H,8-9,11-13,15-16H2,1-5H3/b7-6-,19-14+,21-10+. The summed E-state index contributed by atoms with van der Waals surface area (Å²) in [5, 5.41) is 22.4. The molecule has 1 aromatic rings. The molecule has 6 nitrogen and oxygen atoms in total. The zero-order chi connectivity index (χ0) is 26.9. The second kappa shape index (κ2) is 14.0. The molecule has 2 N–H and O–H groups in total. The number of allylic oxidation sites excluding steroid dienone is 3. The third-order valence-electron chi connectivity index (χ3n) is 6.84. The van der Waals surface area contributed by atoms with E-state index in [0.717, 1.165) is 5.57 Å². The summed E-state index contributed by atoms with van der Waals surface area (Å²) in [5.41, 5.74) is 1.19. The number of rotatable bonds is 4. The van der Waals surface area contributed by atoms with Crippen molar-refractivity contribution in [3.63, 3.8) is 0 Å². The molecule has 200 valence electrons. The van der Waals surface area contributed by atoms with Crippen molar-refractivity contribution in [1.29, 1.82) is 0 Å². The van der Waals surface area contributed by atoms with E-state index in [1.165, 1.54) is 11.3 Å². The molecule has 8 heteroatoms. The fourth-order valence-corrected chi connectivity index (χ4v) is 4.90. The number of esters is 1. The highest BCUT2D eigenvalue weighted by Crippen LogP contribution is 2.31. The normalized spacial score (nSPS) is 29.7. The van der Waals surface area contributed by atoms with Crippen LogP contribution < -0.4 is 0 Å². The maximum atomic E-state index is 13.7. The summed E-state index contributed by atoms with van der Waals surface area (Å²) >= 11 is 1.34. The van der Waals surface area contributed by atoms with Crippen molar-refractivity contribution < 1.29 is 28.9 Å². The number of carbonyl (C=O) groups excluding carboxylic acids is 2. The second-order valence-electron chi connectivity index (χ2n) is 10.3. The van der Waals surface area contributed by atoms with Crippen molar-refractivity contribution >= 4 is 29.2 Å². The number of alkyl halides is 1. The minimum absolute atomic E-state index is 0.0491. The molecule has 0 radical (unpaired) electrons. The SMILES string of the molecule is C/C(=C\c1csc(CO)n1)C1C/C=C(/CF)C/C=C\CC(C)C(O)C(C)C(=O)C(C)(C)CCC(=O)O1. The number of hydrogen-bond donors (Lipinski definition) is 2. The predicted molar refractivity (Wildman–Crippen MR) is 141 cm³/mol. The zero-order valence-electron chi connectivity index (χ0n) is 22.0. The molecule has 0 aliphatic carbocycles. The minimum atomic E-state index is -0.811. The summed E-state index contributed by atoms with van der Waals surface area (Å²) in [7, 11) is 0. The lowest BCUT2D eigenvalue weighted by Crippen LogP contribution is -2.39. The molecule has 1 aliphatic rings. The van der Waals surface area contributed by atoms with Crippen LogP contribution in [0.3, 0.4) is 0 Å². The number of cyclic esters (lactones) is 1. The number of Topliss-reactive ketones (excluding diaryl/α,β-unsaturated/α-hetero) is 1. The molecule has 1 aliphatic heterocycles. The van der Waals surface area contributed by atoms with Gasteiger partial charge in [0.25, 0.3) is 0 Å². The van der Waals surface area contributed by atoms with E-state index in [-0.39, 0.29) is 24.7 Å². The summed E-state index contributed by atoms with van der Waals surface area (Å²) in [6, 6.07) is 0. The predicted octanol–water partition coefficient (Wildman–Crippen LogP) is 5.60. The molecule has 2 heterocycles. The van der Waals surface area contributed by atoms with E-state index in [9.17, 15) is 24.2 Å². The summed E-state index contributed by atoms with van der Waals surface area (Å²) in [5.74, 6) is -1.23. The number of ether oxygens (including phenoxy) is 1. The van der Waals surface area contributed by atoms with Crippen molar-refractivity contribution in [3.8, 4) is 0 Å². The first-order valence-corrected chi connectivity index (χ1v) is 13.4. The Morgan fingerprint density at radius 3 is 2.64 bits per heavy atom. The van der Waals surface area contributed by atoms with Crippen molar-refractivity contribution in [1.82, 2.24) is 4.98 Å². The maximum Gasteiger partial charge on any atom is 0.306 e. The molecule has 4 unspecified atom stereocenters. The van der Waals surface area contributed by atoms with E-state index in [1.54, 1.807) is 32.9 Å². The smallest absolute Gasteiger partial charge is 0.306 e. The van der Waals surface area contributed by atoms with Crippen LogP contribution in [0.4, 0.5) is 4.39 Å². The molecule has 0 saturated carbocycles. The first-order chi connectivity index (χ1) is 17.0. The number of aliphatic hydroxyl groups excluding tert-OH is 2. The third kappa shape index (κ3) is 8.75. The van der Waals surface area contributed by atoms with E-state index in [0.29, 0.717) is 42.0 Å². The number of hydrogen-bond acceptors (Lipinski definition) is 7. The highest BCUT2D eigenvalue weighted by molar-refractivity contribution is 7.09. The quantitative estimate of drug-likeness (QED) is 0.396. The van der Waals surface area contributed by atoms with Gasteiger partial charge in [0.15, 0.2) is 0 Å². The molecule has 2 rings (SSSR count). The minimum Gasteiger partial charge on any atom is -0.457 e. The summed E-state index contributed by atoms with van der Waals surface area (Å²) < 4.78 is 19.5. The molecule has 0 aromatic carbocycles. The lowest BCUT2D eigenvalue weighted by Gasteiger charge is -2.31. The van der Waals surface area contributed by atoms with Crippen molar-refractivity contribution in [3.05, 3.63) is 45.5 Å². The molecular formula is C28H40FNO5S. The highest BCUT2D eigenvalue weighted by Gasteiger charge is 2.36. The van der Waals surface area contributed by atoms with Crippen LogP contribution in [0, 0.1) is 17.3 Å². The van der Waals surface area contributed by atoms with Crippen LogP contribution in [0.2, 0.25) is 0 Å². The molecule has 0 saturated heterocycles. The lowest BCUT2D eigenvalue weighted by molar-refractivity contribution is -0.148. The first kappa shape index (κ1) is 30.1. The largest absolute Gasteiger partial charge is 0.457 e. The van der Waals surface area contributed by atoms with Gasteiger partial charge in [-0.25, -0.2) is 9.37 Å². The van der Waals surface area contributed by atoms with Gasteiger partial charge in [-0.05, 0) is 49.3 Å². The van der Waals surface area contributed by atoms with Crippen LogP contribution in [0.1, 0.15) is 77.4 Å². The van der Waals surface area contributed by atoms with Gasteiger partial charge in [-0.2, -0.15) is 0 Å². The summed E-state index contributed by atoms with van der Waals surface area (Å²) in [6.45, 7) is 8.30. The molecule has 36 heavy (non-hydrogen) atoms. The van der Waals surface area contributed by atoms with Gasteiger partial charge < -0.3 is 14.9 Å². The lowest BCUT2D eigenvalue weighted by atomic mass is 9.74. The molecular weight excluding hydrogens is 481 g/mol. The number of thiazole rings is 1. The van der Waals surface area contributed by atoms with Crippen LogP contribution in [0.25, 0.3) is 6.08 Å². The Labute approximate surface area is 218 Å². The fourth-order valence-electron chi connectivity index (χ4n) is 4.29. The average molecular weight is 522 g/mol. The Hall–Kier alpha value is -2.16. The highest BCUT2D eigenvalue weighted by atomic mass is 32.1. The van der Waals surface area contributed by atoms with Crippen molar-refractivity contribution in [2.24, 2.45) is 17.3 Å². The van der Waals surface area contributed by atoms with Gasteiger partial charge in [0.05, 0.1) is 18.4 Å². The van der Waals surface area contributed by atoms with Gasteiger partial charge in [-0.15, -0.1) is 11.3 Å². The first-order valence-electron chi connectivity index (χ1n) is 12.5. The molecule has 0 bridgehead atoms. The number of nitrogens with zero attached hydrogens (tertiary/aromatic N) is 1. The van der Waals surface area contributed by atoms with Crippen LogP contribution >= 0.6 is 11.3 Å². The topological polar surface area (TPSA) is 96.7 Å². The van der Waals surface area contributed by atoms with E-state index in [2.05, 4.69) is 4.98 Å². The summed E-state index contributed by atoms with van der Waals surface area (Å²) in [6.07, 6.45) is 7.59. The van der Waals surface area contributed by atoms with Crippen LogP contribution in [0.5, 0.6) is 0 Å². The number of aromatic nitrogens is 1. The molecule has 0 spiro atoms. The van der Waals surface area contributed by atoms with E-state index < -0.39 is 36.2 Å². The second-order valence-corrected chi connectivity index (χ2v) is 11.3. The Morgan fingerprint density at radius 1 is 1.28 bits per heavy atom. The van der Waals surface area contributed by atoms with Crippen molar-refractivity contribution in [2.45, 2.75) is 85.5 Å². The number of aliphatic hydroxyl groups is 2. The van der Waals surface area contributed by atoms with Gasteiger partial charge in [0.2, 0.25) is 0 Å². The van der Waals surface area contributed by atoms with Gasteiger partial charge in [0, 0.05) is 29.6 Å². The molecule has 4 atom stereocenters. The van der Waals surface area contributed by atoms with Gasteiger partial charge >= 0.3 is 5.97 Å². The van der Waals surface area contributed by atoms with Gasteiger partial charge in [-0.1, -0.05) is 45.9 Å². The van der Waals surface area contributed by atoms with Crippen LogP contribution in [-0.4, -0.2) is 45.8 Å². The van der Waals surface area contributed by atoms with E-state index >= 15 is 0 Å².